The summed E-state index contributed by atoms with van der Waals surface area (Å²) in [7, 11) is 0. The lowest BCUT2D eigenvalue weighted by Gasteiger charge is -2.23. The summed E-state index contributed by atoms with van der Waals surface area (Å²) in [6.07, 6.45) is 6.88. The number of ether oxygens (including phenoxy) is 1. The van der Waals surface area contributed by atoms with Gasteiger partial charge in [0.15, 0.2) is 0 Å². The van der Waals surface area contributed by atoms with Crippen molar-refractivity contribution in [3.05, 3.63) is 29.8 Å². The highest BCUT2D eigenvalue weighted by Crippen LogP contribution is 2.45. The molecule has 1 aromatic rings. The molecule has 2 fully saturated rings. The second kappa shape index (κ2) is 4.93. The van der Waals surface area contributed by atoms with E-state index in [1.165, 1.54) is 31.2 Å². The molecule has 2 N–H and O–H groups in total. The number of nitrogens with two attached hydrogens (primary N) is 1. The first-order valence-corrected chi connectivity index (χ1v) is 7.22. The summed E-state index contributed by atoms with van der Waals surface area (Å²) in [6, 6.07) is 8.72. The Morgan fingerprint density at radius 3 is 2.56 bits per heavy atom. The van der Waals surface area contributed by atoms with Crippen LogP contribution in [0.25, 0.3) is 0 Å². The van der Waals surface area contributed by atoms with Gasteiger partial charge in [-0.1, -0.05) is 12.1 Å². The van der Waals surface area contributed by atoms with Gasteiger partial charge in [-0.25, -0.2) is 0 Å². The largest absolute Gasteiger partial charge is 0.490 e. The molecule has 4 unspecified atom stereocenters. The summed E-state index contributed by atoms with van der Waals surface area (Å²) in [5.41, 5.74) is 7.10. The van der Waals surface area contributed by atoms with Crippen LogP contribution >= 0.6 is 0 Å². The van der Waals surface area contributed by atoms with Gasteiger partial charge in [0.1, 0.15) is 11.9 Å². The van der Waals surface area contributed by atoms with Crippen molar-refractivity contribution in [2.45, 2.75) is 51.2 Å². The van der Waals surface area contributed by atoms with Crippen molar-refractivity contribution in [1.29, 1.82) is 0 Å². The Balaban J connectivity index is 1.60. The van der Waals surface area contributed by atoms with Gasteiger partial charge in [-0.2, -0.15) is 0 Å². The smallest absolute Gasteiger partial charge is 0.119 e. The molecule has 2 bridgehead atoms. The van der Waals surface area contributed by atoms with E-state index in [0.717, 1.165) is 24.0 Å². The van der Waals surface area contributed by atoms with Crippen LogP contribution in [0.2, 0.25) is 0 Å². The van der Waals surface area contributed by atoms with Crippen molar-refractivity contribution in [3.8, 4) is 5.75 Å². The summed E-state index contributed by atoms with van der Waals surface area (Å²) in [4.78, 5) is 0. The maximum Gasteiger partial charge on any atom is 0.119 e. The van der Waals surface area contributed by atoms with Crippen LogP contribution in [-0.2, 0) is 6.42 Å². The first-order chi connectivity index (χ1) is 8.70. The van der Waals surface area contributed by atoms with Crippen LogP contribution in [0.15, 0.2) is 24.3 Å². The average Bonchev–Trinajstić information content (AvgIpc) is 2.93. The molecule has 2 aliphatic carbocycles. The van der Waals surface area contributed by atoms with E-state index < -0.39 is 0 Å². The first-order valence-electron chi connectivity index (χ1n) is 7.22. The second-order valence-electron chi connectivity index (χ2n) is 6.16. The third kappa shape index (κ3) is 2.54. The molecule has 2 nitrogen and oxygen atoms in total. The Morgan fingerprint density at radius 2 is 2.00 bits per heavy atom. The topological polar surface area (TPSA) is 35.2 Å². The number of hydrogen-bond donors (Lipinski definition) is 1. The molecule has 0 amide bonds. The third-order valence-electron chi connectivity index (χ3n) is 4.44. The zero-order valence-electron chi connectivity index (χ0n) is 11.1. The van der Waals surface area contributed by atoms with E-state index in [9.17, 15) is 0 Å². The minimum absolute atomic E-state index is 0.224. The molecule has 2 saturated carbocycles. The van der Waals surface area contributed by atoms with Crippen LogP contribution in [0.4, 0.5) is 0 Å². The van der Waals surface area contributed by atoms with Gasteiger partial charge in [-0.05, 0) is 68.6 Å². The van der Waals surface area contributed by atoms with E-state index in [4.69, 9.17) is 10.5 Å². The fourth-order valence-corrected chi connectivity index (χ4v) is 3.58. The van der Waals surface area contributed by atoms with Crippen LogP contribution in [-0.4, -0.2) is 12.1 Å². The summed E-state index contributed by atoms with van der Waals surface area (Å²) in [6.45, 7) is 2.04. The number of benzene rings is 1. The molecule has 0 aromatic heterocycles. The van der Waals surface area contributed by atoms with Crippen molar-refractivity contribution in [2.24, 2.45) is 17.6 Å². The maximum absolute atomic E-state index is 6.14. The highest BCUT2D eigenvalue weighted by atomic mass is 16.5. The lowest BCUT2D eigenvalue weighted by atomic mass is 9.98. The van der Waals surface area contributed by atoms with E-state index in [2.05, 4.69) is 24.3 Å². The Bertz CT molecular complexity index is 398. The van der Waals surface area contributed by atoms with Crippen molar-refractivity contribution >= 4 is 0 Å². The molecule has 0 spiro atoms. The van der Waals surface area contributed by atoms with Gasteiger partial charge in [0.25, 0.3) is 0 Å². The van der Waals surface area contributed by atoms with Crippen LogP contribution in [0, 0.1) is 11.8 Å². The van der Waals surface area contributed by atoms with Gasteiger partial charge in [0.05, 0.1) is 0 Å². The van der Waals surface area contributed by atoms with Crippen molar-refractivity contribution in [2.75, 3.05) is 0 Å². The standard InChI is InChI=1S/C16H23NO/c1-11(17)8-12-3-6-15(7-4-12)18-16-10-13-2-5-14(16)9-13/h3-4,6-7,11,13-14,16H,2,5,8-10,17H2,1H3. The van der Waals surface area contributed by atoms with Gasteiger partial charge in [-0.15, -0.1) is 0 Å². The van der Waals surface area contributed by atoms with Gasteiger partial charge < -0.3 is 10.5 Å². The van der Waals surface area contributed by atoms with E-state index in [1.54, 1.807) is 0 Å². The zero-order chi connectivity index (χ0) is 12.5. The Hall–Kier alpha value is -1.02. The first kappa shape index (κ1) is 12.0. The second-order valence-corrected chi connectivity index (χ2v) is 6.16. The molecule has 98 valence electrons. The monoisotopic (exact) mass is 245 g/mol. The summed E-state index contributed by atoms with van der Waals surface area (Å²) in [5, 5.41) is 0. The van der Waals surface area contributed by atoms with Crippen LogP contribution in [0.1, 0.15) is 38.2 Å². The Kier molecular flexibility index (Phi) is 3.29. The number of rotatable bonds is 4. The molecule has 0 radical (unpaired) electrons. The highest BCUT2D eigenvalue weighted by Gasteiger charge is 2.40. The highest BCUT2D eigenvalue weighted by molar-refractivity contribution is 5.28. The quantitative estimate of drug-likeness (QED) is 0.884. The number of hydrogen-bond acceptors (Lipinski definition) is 2. The van der Waals surface area contributed by atoms with E-state index >= 15 is 0 Å². The zero-order valence-corrected chi connectivity index (χ0v) is 11.1. The van der Waals surface area contributed by atoms with Crippen LogP contribution in [0.3, 0.4) is 0 Å². The number of fused-ring (bicyclic) bond motifs is 2. The molecule has 3 rings (SSSR count). The molecule has 18 heavy (non-hydrogen) atoms. The predicted octanol–water partition coefficient (Wildman–Crippen LogP) is 3.14. The minimum Gasteiger partial charge on any atom is -0.490 e. The Labute approximate surface area is 110 Å². The molecule has 0 aliphatic heterocycles. The lowest BCUT2D eigenvalue weighted by molar-refractivity contribution is 0.138. The summed E-state index contributed by atoms with van der Waals surface area (Å²) in [5.74, 6) is 2.79. The molecular formula is C16H23NO. The van der Waals surface area contributed by atoms with Gasteiger partial charge in [0.2, 0.25) is 0 Å². The molecular weight excluding hydrogens is 222 g/mol. The van der Waals surface area contributed by atoms with Crippen LogP contribution in [0.5, 0.6) is 5.75 Å². The molecule has 4 atom stereocenters. The SMILES string of the molecule is CC(N)Cc1ccc(OC2CC3CCC2C3)cc1. The average molecular weight is 245 g/mol. The molecule has 2 heteroatoms. The third-order valence-corrected chi connectivity index (χ3v) is 4.44. The molecule has 0 heterocycles. The van der Waals surface area contributed by atoms with Crippen LogP contribution < -0.4 is 10.5 Å². The van der Waals surface area contributed by atoms with E-state index in [-0.39, 0.29) is 6.04 Å². The summed E-state index contributed by atoms with van der Waals surface area (Å²) < 4.78 is 6.14. The van der Waals surface area contributed by atoms with Gasteiger partial charge >= 0.3 is 0 Å². The lowest BCUT2D eigenvalue weighted by Crippen LogP contribution is -2.23. The van der Waals surface area contributed by atoms with Gasteiger partial charge in [0, 0.05) is 6.04 Å². The fourth-order valence-electron chi connectivity index (χ4n) is 3.58. The van der Waals surface area contributed by atoms with Gasteiger partial charge in [-0.3, -0.25) is 0 Å². The normalized spacial score (nSPS) is 31.6. The fraction of sp³-hybridized carbons (Fsp3) is 0.625. The van der Waals surface area contributed by atoms with Crippen molar-refractivity contribution in [3.63, 3.8) is 0 Å². The molecule has 2 aliphatic rings. The molecule has 1 aromatic carbocycles. The molecule has 0 saturated heterocycles. The predicted molar refractivity (Wildman–Crippen MR) is 73.7 cm³/mol. The minimum atomic E-state index is 0.224. The maximum atomic E-state index is 6.14. The van der Waals surface area contributed by atoms with Crippen molar-refractivity contribution in [1.82, 2.24) is 0 Å². The van der Waals surface area contributed by atoms with E-state index in [0.29, 0.717) is 6.10 Å². The Morgan fingerprint density at radius 1 is 1.22 bits per heavy atom. The summed E-state index contributed by atoms with van der Waals surface area (Å²) >= 11 is 0. The van der Waals surface area contributed by atoms with E-state index in [1.807, 2.05) is 6.92 Å². The van der Waals surface area contributed by atoms with Crippen molar-refractivity contribution < 1.29 is 4.74 Å².